The molecule has 1 aromatic carbocycles. The van der Waals surface area contributed by atoms with E-state index in [1.807, 2.05) is 0 Å². The van der Waals surface area contributed by atoms with Gasteiger partial charge in [0.05, 0.1) is 0 Å². The Kier molecular flexibility index (Phi) is 14.5. The van der Waals surface area contributed by atoms with Crippen LogP contribution in [0.4, 0.5) is 0 Å². The smallest absolute Gasteiger partial charge is 0.331 e. The second-order valence-electron chi connectivity index (χ2n) is 7.98. The number of aromatic hydroxyl groups is 2. The van der Waals surface area contributed by atoms with Gasteiger partial charge in [-0.25, -0.2) is 4.79 Å². The van der Waals surface area contributed by atoms with E-state index in [4.69, 9.17) is 9.84 Å². The number of rotatable bonds is 17. The lowest BCUT2D eigenvalue weighted by Gasteiger charge is -2.17. The van der Waals surface area contributed by atoms with Crippen LogP contribution in [0.15, 0.2) is 24.3 Å². The molecule has 5 nitrogen and oxygen atoms in total. The molecule has 0 aliphatic carbocycles. The summed E-state index contributed by atoms with van der Waals surface area (Å²) in [6, 6.07) is 4.42. The Labute approximate surface area is 181 Å². The van der Waals surface area contributed by atoms with E-state index >= 15 is 0 Å². The van der Waals surface area contributed by atoms with Crippen molar-refractivity contribution in [2.24, 2.45) is 0 Å². The summed E-state index contributed by atoms with van der Waals surface area (Å²) in [5.74, 6) is -0.771. The minimum Gasteiger partial charge on any atom is -0.504 e. The summed E-state index contributed by atoms with van der Waals surface area (Å²) in [5.41, 5.74) is 0.626. The molecule has 0 aliphatic rings. The average Bonchev–Trinajstić information content (AvgIpc) is 2.73. The molecule has 0 fully saturated rings. The average molecular weight is 421 g/mol. The molecule has 1 atom stereocenters. The van der Waals surface area contributed by atoms with Crippen molar-refractivity contribution in [3.63, 3.8) is 0 Å². The van der Waals surface area contributed by atoms with Crippen LogP contribution < -0.4 is 0 Å². The van der Waals surface area contributed by atoms with Gasteiger partial charge in [0, 0.05) is 12.7 Å². The van der Waals surface area contributed by atoms with Gasteiger partial charge in [0.1, 0.15) is 6.10 Å². The van der Waals surface area contributed by atoms with Gasteiger partial charge in [-0.3, -0.25) is 0 Å². The number of ether oxygens (including phenoxy) is 1. The normalized spacial score (nSPS) is 12.3. The second-order valence-corrected chi connectivity index (χ2v) is 7.98. The Morgan fingerprint density at radius 2 is 1.50 bits per heavy atom. The first-order chi connectivity index (χ1) is 14.6. The van der Waals surface area contributed by atoms with E-state index in [-0.39, 0.29) is 30.2 Å². The first-order valence-electron chi connectivity index (χ1n) is 11.6. The number of hydrogen-bond acceptors (Lipinski definition) is 5. The molecule has 170 valence electrons. The van der Waals surface area contributed by atoms with Crippen LogP contribution in [0.2, 0.25) is 0 Å². The summed E-state index contributed by atoms with van der Waals surface area (Å²) in [6.07, 6.45) is 17.0. The molecule has 3 N–H and O–H groups in total. The van der Waals surface area contributed by atoms with E-state index in [0.29, 0.717) is 5.56 Å². The van der Waals surface area contributed by atoms with Crippen molar-refractivity contribution >= 4 is 12.0 Å². The molecule has 0 saturated heterocycles. The molecule has 0 spiro atoms. The zero-order valence-electron chi connectivity index (χ0n) is 18.5. The van der Waals surface area contributed by atoms with Crippen LogP contribution >= 0.6 is 0 Å². The number of aliphatic hydroxyl groups excluding tert-OH is 1. The third-order valence-corrected chi connectivity index (χ3v) is 5.26. The zero-order valence-corrected chi connectivity index (χ0v) is 18.5. The molecule has 1 aromatic rings. The molecule has 0 bridgehead atoms. The lowest BCUT2D eigenvalue weighted by atomic mass is 10.0. The molecule has 0 aromatic heterocycles. The SMILES string of the molecule is CCCCCCC[C@H](CCCCCCCCO)OC(=O)/C=C/c1ccc(O)c(O)c1. The molecule has 1 rings (SSSR count). The fourth-order valence-corrected chi connectivity index (χ4v) is 3.44. The fraction of sp³-hybridized carbons (Fsp3) is 0.640. The van der Waals surface area contributed by atoms with Crippen LogP contribution in [0.3, 0.4) is 0 Å². The highest BCUT2D eigenvalue weighted by atomic mass is 16.5. The number of carbonyl (C=O) groups excluding carboxylic acids is 1. The minimum absolute atomic E-state index is 0.0607. The number of hydrogen-bond donors (Lipinski definition) is 3. The summed E-state index contributed by atoms with van der Waals surface area (Å²) in [6.45, 7) is 2.47. The lowest BCUT2D eigenvalue weighted by molar-refractivity contribution is -0.143. The van der Waals surface area contributed by atoms with Crippen LogP contribution in [-0.2, 0) is 9.53 Å². The Bertz CT molecular complexity index is 612. The second kappa shape index (κ2) is 16.8. The molecule has 0 unspecified atom stereocenters. The van der Waals surface area contributed by atoms with Gasteiger partial charge < -0.3 is 20.1 Å². The Morgan fingerprint density at radius 3 is 2.10 bits per heavy atom. The first kappa shape index (κ1) is 26.0. The number of benzene rings is 1. The summed E-state index contributed by atoms with van der Waals surface area (Å²) < 4.78 is 5.71. The third kappa shape index (κ3) is 12.5. The van der Waals surface area contributed by atoms with E-state index in [1.54, 1.807) is 12.1 Å². The molecule has 5 heteroatoms. The van der Waals surface area contributed by atoms with E-state index < -0.39 is 0 Å². The van der Waals surface area contributed by atoms with Gasteiger partial charge >= 0.3 is 5.97 Å². The zero-order chi connectivity index (χ0) is 22.0. The third-order valence-electron chi connectivity index (χ3n) is 5.26. The largest absolute Gasteiger partial charge is 0.504 e. The summed E-state index contributed by atoms with van der Waals surface area (Å²) in [4.78, 5) is 12.3. The van der Waals surface area contributed by atoms with Gasteiger partial charge in [0.15, 0.2) is 11.5 Å². The Morgan fingerprint density at radius 1 is 0.900 bits per heavy atom. The summed E-state index contributed by atoms with van der Waals surface area (Å²) in [5, 5.41) is 27.7. The topological polar surface area (TPSA) is 87.0 Å². The number of aliphatic hydroxyl groups is 1. The first-order valence-corrected chi connectivity index (χ1v) is 11.6. The van der Waals surface area contributed by atoms with E-state index in [9.17, 15) is 15.0 Å². The van der Waals surface area contributed by atoms with Gasteiger partial charge in [0.25, 0.3) is 0 Å². The van der Waals surface area contributed by atoms with E-state index in [2.05, 4.69) is 6.92 Å². The number of esters is 1. The van der Waals surface area contributed by atoms with Crippen molar-refractivity contribution in [2.45, 2.75) is 96.5 Å². The summed E-state index contributed by atoms with van der Waals surface area (Å²) >= 11 is 0. The molecular formula is C25H40O5. The van der Waals surface area contributed by atoms with Crippen molar-refractivity contribution in [3.05, 3.63) is 29.8 Å². The molecule has 0 amide bonds. The van der Waals surface area contributed by atoms with Gasteiger partial charge in [-0.15, -0.1) is 0 Å². The highest BCUT2D eigenvalue weighted by Gasteiger charge is 2.13. The van der Waals surface area contributed by atoms with Crippen LogP contribution in [0.5, 0.6) is 11.5 Å². The van der Waals surface area contributed by atoms with Crippen LogP contribution in [0, 0.1) is 0 Å². The van der Waals surface area contributed by atoms with Gasteiger partial charge in [-0.1, -0.05) is 64.4 Å². The molecular weight excluding hydrogens is 380 g/mol. The lowest BCUT2D eigenvalue weighted by Crippen LogP contribution is -2.17. The summed E-state index contributed by atoms with van der Waals surface area (Å²) in [7, 11) is 0. The minimum atomic E-state index is -0.371. The Hall–Kier alpha value is -2.01. The van der Waals surface area contributed by atoms with Crippen molar-refractivity contribution in [1.82, 2.24) is 0 Å². The monoisotopic (exact) mass is 420 g/mol. The van der Waals surface area contributed by atoms with E-state index in [1.165, 1.54) is 43.9 Å². The number of phenolic OH excluding ortho intramolecular Hbond substituents is 2. The van der Waals surface area contributed by atoms with Gasteiger partial charge in [-0.05, 0) is 55.9 Å². The molecule has 0 heterocycles. The highest BCUT2D eigenvalue weighted by molar-refractivity contribution is 5.87. The van der Waals surface area contributed by atoms with Crippen LogP contribution in [-0.4, -0.2) is 34.0 Å². The van der Waals surface area contributed by atoms with Crippen molar-refractivity contribution < 1.29 is 24.9 Å². The number of unbranched alkanes of at least 4 members (excludes halogenated alkanes) is 9. The maximum absolute atomic E-state index is 12.3. The molecule has 30 heavy (non-hydrogen) atoms. The van der Waals surface area contributed by atoms with Gasteiger partial charge in [-0.2, -0.15) is 0 Å². The van der Waals surface area contributed by atoms with E-state index in [0.717, 1.165) is 57.8 Å². The Balaban J connectivity index is 2.45. The van der Waals surface area contributed by atoms with Crippen molar-refractivity contribution in [3.8, 4) is 11.5 Å². The van der Waals surface area contributed by atoms with Gasteiger partial charge in [0.2, 0.25) is 0 Å². The fourth-order valence-electron chi connectivity index (χ4n) is 3.44. The maximum Gasteiger partial charge on any atom is 0.331 e. The predicted octanol–water partition coefficient (Wildman–Crippen LogP) is 6.11. The molecule has 0 aliphatic heterocycles. The van der Waals surface area contributed by atoms with Crippen LogP contribution in [0.25, 0.3) is 6.08 Å². The number of carbonyl (C=O) groups is 1. The quantitative estimate of drug-likeness (QED) is 0.123. The molecule has 0 radical (unpaired) electrons. The molecule has 0 saturated carbocycles. The highest BCUT2D eigenvalue weighted by Crippen LogP contribution is 2.25. The van der Waals surface area contributed by atoms with Crippen molar-refractivity contribution in [2.75, 3.05) is 6.61 Å². The number of phenols is 2. The predicted molar refractivity (Wildman–Crippen MR) is 121 cm³/mol. The maximum atomic E-state index is 12.3. The standard InChI is InChI=1S/C25H40O5/c1-2-3-4-7-10-13-22(14-11-8-5-6-9-12-19-26)30-25(29)18-16-21-15-17-23(27)24(28)20-21/h15-18,20,22,26-28H,2-14,19H2,1H3/b18-16+/t22-/m1/s1. The van der Waals surface area contributed by atoms with Crippen LogP contribution in [0.1, 0.15) is 96.0 Å². The van der Waals surface area contributed by atoms with Crippen molar-refractivity contribution in [1.29, 1.82) is 0 Å².